The van der Waals surface area contributed by atoms with Crippen LogP contribution in [0.3, 0.4) is 0 Å². The summed E-state index contributed by atoms with van der Waals surface area (Å²) >= 11 is 4.04. The van der Waals surface area contributed by atoms with Gasteiger partial charge in [-0.3, -0.25) is 62.9 Å². The first-order chi connectivity index (χ1) is 34.0. The summed E-state index contributed by atoms with van der Waals surface area (Å²) in [5.74, 6) is -14.8. The second-order valence-electron chi connectivity index (χ2n) is 15.8. The monoisotopic (exact) mass is 1090 g/mol. The molecular weight excluding hydrogens is 1030 g/mol. The van der Waals surface area contributed by atoms with Gasteiger partial charge >= 0.3 is 17.9 Å². The summed E-state index contributed by atoms with van der Waals surface area (Å²) in [5, 5.41) is 60.0. The first kappa shape index (κ1) is 61.6. The largest absolute Gasteiger partial charge is 0.481 e. The molecule has 2 rings (SSSR count). The third kappa shape index (κ3) is 23.6. The number of guanidine groups is 1. The Morgan fingerprint density at radius 1 is 0.819 bits per heavy atom. The highest BCUT2D eigenvalue weighted by molar-refractivity contribution is 8.76. The summed E-state index contributed by atoms with van der Waals surface area (Å²) in [6.45, 7) is 2.06. The van der Waals surface area contributed by atoms with Crippen molar-refractivity contribution in [1.82, 2.24) is 53.2 Å². The molecule has 0 radical (unpaired) electrons. The van der Waals surface area contributed by atoms with Gasteiger partial charge in [0.1, 0.15) is 48.3 Å². The quantitative estimate of drug-likeness (QED) is 0.0156. The second-order valence-corrected chi connectivity index (χ2v) is 19.7. The number of carboxylic acids is 3. The molecule has 1 heterocycles. The lowest BCUT2D eigenvalue weighted by Gasteiger charge is -2.26. The third-order valence-electron chi connectivity index (χ3n) is 9.92. The second kappa shape index (κ2) is 32.5. The molecule has 8 atom stereocenters. The van der Waals surface area contributed by atoms with Gasteiger partial charge in [0, 0.05) is 36.6 Å². The number of hydrogen-bond acceptors (Lipinski definition) is 17. The minimum Gasteiger partial charge on any atom is -0.481 e. The maximum absolute atomic E-state index is 14.1. The van der Waals surface area contributed by atoms with Gasteiger partial charge in [-0.25, -0.2) is 0 Å². The van der Waals surface area contributed by atoms with Crippen LogP contribution in [0, 0.1) is 5.41 Å². The van der Waals surface area contributed by atoms with Crippen molar-refractivity contribution in [3.05, 3.63) is 35.9 Å². The summed E-state index contributed by atoms with van der Waals surface area (Å²) in [4.78, 5) is 157. The van der Waals surface area contributed by atoms with E-state index in [1.54, 1.807) is 37.3 Å². The summed E-state index contributed by atoms with van der Waals surface area (Å²) in [5.41, 5.74) is 5.89. The SMILES string of the molecule is CCCC(=O)N[C@@H](CSS)C(=O)N[C@@H](CC(=O)O)C(=O)N[C@H]1CSSC[C@@H](C(=O)N[C@@H](Cc2ccccc2)C(=O)N[C@@H](C)C(=O)O)NC(=O)[C@H](CC(=O)O)NC(=O)CNC(=O)[C@H](CCCNC(=N)N)NC1=O. The van der Waals surface area contributed by atoms with Crippen molar-refractivity contribution in [3.8, 4) is 0 Å². The van der Waals surface area contributed by atoms with Crippen molar-refractivity contribution in [2.75, 3.05) is 30.3 Å². The molecule has 72 heavy (non-hydrogen) atoms. The number of nitrogens with one attached hydrogen (secondary N) is 11. The first-order valence-corrected chi connectivity index (χ1v) is 26.5. The number of rotatable bonds is 24. The molecule has 31 heteroatoms. The molecule has 398 valence electrons. The number of benzene rings is 1. The maximum atomic E-state index is 14.1. The maximum Gasteiger partial charge on any atom is 0.325 e. The van der Waals surface area contributed by atoms with Crippen LogP contribution in [0.2, 0.25) is 0 Å². The van der Waals surface area contributed by atoms with E-state index in [0.717, 1.165) is 32.4 Å². The number of carbonyl (C=O) groups excluding carboxylic acids is 9. The fourth-order valence-corrected chi connectivity index (χ4v) is 9.41. The number of carboxylic acid groups (broad SMARTS) is 3. The summed E-state index contributed by atoms with van der Waals surface area (Å²) in [6, 6.07) is -4.38. The number of aliphatic carboxylic acids is 3. The lowest BCUT2D eigenvalue weighted by Crippen LogP contribution is -2.59. The smallest absolute Gasteiger partial charge is 0.325 e. The van der Waals surface area contributed by atoms with E-state index >= 15 is 0 Å². The van der Waals surface area contributed by atoms with Crippen molar-refractivity contribution in [2.24, 2.45) is 5.73 Å². The fourth-order valence-electron chi connectivity index (χ4n) is 6.25. The molecule has 1 saturated heterocycles. The van der Waals surface area contributed by atoms with E-state index in [1.807, 2.05) is 0 Å². The van der Waals surface area contributed by atoms with Gasteiger partial charge in [0.05, 0.1) is 19.4 Å². The molecule has 0 unspecified atom stereocenters. The van der Waals surface area contributed by atoms with E-state index in [0.29, 0.717) is 12.0 Å². The fraction of sp³-hybridized carbons (Fsp3) is 0.537. The number of nitrogens with two attached hydrogens (primary N) is 1. The van der Waals surface area contributed by atoms with Crippen LogP contribution in [0.4, 0.5) is 0 Å². The van der Waals surface area contributed by atoms with Crippen LogP contribution in [0.25, 0.3) is 0 Å². The van der Waals surface area contributed by atoms with Gasteiger partial charge in [0.15, 0.2) is 5.96 Å². The lowest BCUT2D eigenvalue weighted by molar-refractivity contribution is -0.142. The minimum atomic E-state index is -1.85. The van der Waals surface area contributed by atoms with E-state index < -0.39 is 156 Å². The van der Waals surface area contributed by atoms with Crippen LogP contribution in [0.15, 0.2) is 30.3 Å². The molecule has 1 aromatic rings. The predicted molar refractivity (Wildman–Crippen MR) is 267 cm³/mol. The Balaban J connectivity index is 2.63. The first-order valence-electron chi connectivity index (χ1n) is 22.0. The molecule has 0 saturated carbocycles. The average Bonchev–Trinajstić information content (AvgIpc) is 3.30. The lowest BCUT2D eigenvalue weighted by atomic mass is 10.0. The highest BCUT2D eigenvalue weighted by atomic mass is 33.1. The third-order valence-corrected chi connectivity index (χ3v) is 13.3. The van der Waals surface area contributed by atoms with Crippen LogP contribution in [-0.4, -0.2) is 171 Å². The molecule has 0 bridgehead atoms. The number of hydrogen-bond donors (Lipinski definition) is 16. The van der Waals surface area contributed by atoms with E-state index in [-0.39, 0.29) is 38.0 Å². The topological polar surface area (TPSA) is 436 Å². The van der Waals surface area contributed by atoms with Gasteiger partial charge in [-0.1, -0.05) is 69.6 Å². The van der Waals surface area contributed by atoms with E-state index in [1.165, 1.54) is 6.92 Å². The van der Waals surface area contributed by atoms with Crippen LogP contribution in [0.1, 0.15) is 57.9 Å². The molecule has 0 aromatic heterocycles. The van der Waals surface area contributed by atoms with Gasteiger partial charge in [-0.15, -0.1) is 11.7 Å². The molecule has 9 amide bonds. The number of carbonyl (C=O) groups is 12. The van der Waals surface area contributed by atoms with Gasteiger partial charge in [-0.05, 0) is 31.7 Å². The highest BCUT2D eigenvalue weighted by Crippen LogP contribution is 2.24. The van der Waals surface area contributed by atoms with Crippen molar-refractivity contribution in [3.63, 3.8) is 0 Å². The molecule has 1 aliphatic heterocycles. The highest BCUT2D eigenvalue weighted by Gasteiger charge is 2.35. The molecular formula is C41H60N12O15S4. The van der Waals surface area contributed by atoms with Crippen molar-refractivity contribution in [1.29, 1.82) is 5.41 Å². The molecule has 16 N–H and O–H groups in total. The Labute approximate surface area is 429 Å². The van der Waals surface area contributed by atoms with Crippen molar-refractivity contribution < 1.29 is 72.9 Å². The number of amides is 9. The van der Waals surface area contributed by atoms with Crippen LogP contribution < -0.4 is 58.9 Å². The molecule has 1 aromatic carbocycles. The molecule has 27 nitrogen and oxygen atoms in total. The van der Waals surface area contributed by atoms with E-state index in [4.69, 9.17) is 11.1 Å². The van der Waals surface area contributed by atoms with Crippen molar-refractivity contribution >= 4 is 121 Å². The molecule has 1 fully saturated rings. The van der Waals surface area contributed by atoms with Crippen LogP contribution >= 0.6 is 44.0 Å². The van der Waals surface area contributed by atoms with Crippen LogP contribution in [0.5, 0.6) is 0 Å². The zero-order valence-electron chi connectivity index (χ0n) is 39.0. The Kier molecular flexibility index (Phi) is 27.8. The Morgan fingerprint density at radius 3 is 2.10 bits per heavy atom. The zero-order valence-corrected chi connectivity index (χ0v) is 42.3. The standard InChI is InChI=1S/C41H60N12O15S4/c1-3-8-29(54)48-26(17-70-69)37(64)51-25(15-32(58)59)36(63)53-27-18-71-72-19-28(39(66)50-23(13-21-9-5-4-6-10-21)34(61)46-20(2)40(67)68)52-35(62)24(14-31(56)57)47-30(55)16-45-33(60)22(49-38(27)65)11-7-12-44-41(42)43/h4-6,9-10,20,22-28,69H,3,7-8,11-19H2,1-2H3,(H,45,60)(H,46,61)(H,47,55)(H,48,54)(H,49,65)(H,50,66)(H,51,64)(H,52,62)(H,53,63)(H,56,57)(H,58,59)(H,67,68)(H4,42,43,44)/t20-,22-,23-,24-,25-,26-,27-,28-/m0/s1. The normalized spacial score (nSPS) is 19.5. The summed E-state index contributed by atoms with van der Waals surface area (Å²) in [7, 11) is 2.47. The van der Waals surface area contributed by atoms with E-state index in [9.17, 15) is 72.9 Å². The molecule has 0 spiro atoms. The summed E-state index contributed by atoms with van der Waals surface area (Å²) in [6.07, 6.45) is -1.80. The Hall–Kier alpha value is -6.47. The van der Waals surface area contributed by atoms with Crippen LogP contribution in [-0.2, 0) is 64.0 Å². The Bertz CT molecular complexity index is 2130. The summed E-state index contributed by atoms with van der Waals surface area (Å²) < 4.78 is 0. The van der Waals surface area contributed by atoms with Crippen molar-refractivity contribution in [2.45, 2.75) is 107 Å². The Morgan fingerprint density at radius 2 is 1.49 bits per heavy atom. The average molecular weight is 1090 g/mol. The zero-order chi connectivity index (χ0) is 53.9. The number of thiol groups is 1. The van der Waals surface area contributed by atoms with E-state index in [2.05, 4.69) is 64.8 Å². The van der Waals surface area contributed by atoms with Gasteiger partial charge in [0.2, 0.25) is 53.2 Å². The van der Waals surface area contributed by atoms with Gasteiger partial charge < -0.3 is 74.2 Å². The van der Waals surface area contributed by atoms with Gasteiger partial charge in [-0.2, -0.15) is 0 Å². The predicted octanol–water partition coefficient (Wildman–Crippen LogP) is -3.69. The molecule has 0 aliphatic carbocycles. The van der Waals surface area contributed by atoms with Gasteiger partial charge in [0.25, 0.3) is 0 Å². The molecule has 1 aliphatic rings. The minimum absolute atomic E-state index is 0.0319.